The number of amides is 1. The first-order valence-corrected chi connectivity index (χ1v) is 9.53. The number of likely N-dealkylation sites (tertiary alicyclic amines) is 1. The van der Waals surface area contributed by atoms with E-state index in [2.05, 4.69) is 29.0 Å². The van der Waals surface area contributed by atoms with Crippen molar-refractivity contribution in [2.45, 2.75) is 32.6 Å². The number of oxazole rings is 1. The Morgan fingerprint density at radius 3 is 2.67 bits per heavy atom. The fourth-order valence-corrected chi connectivity index (χ4v) is 3.63. The maximum absolute atomic E-state index is 12.4. The lowest BCUT2D eigenvalue weighted by Gasteiger charge is -2.29. The minimum absolute atomic E-state index is 0.0403. The molecule has 1 amide bonds. The molecule has 1 aromatic heterocycles. The normalized spacial score (nSPS) is 15.9. The van der Waals surface area contributed by atoms with Gasteiger partial charge in [0.25, 0.3) is 0 Å². The van der Waals surface area contributed by atoms with Crippen molar-refractivity contribution in [2.75, 3.05) is 25.0 Å². The maximum Gasteiger partial charge on any atom is 0.238 e. The summed E-state index contributed by atoms with van der Waals surface area (Å²) < 4.78 is 5.91. The number of carbonyl (C=O) groups is 1. The van der Waals surface area contributed by atoms with Crippen molar-refractivity contribution in [3.05, 3.63) is 59.5 Å². The van der Waals surface area contributed by atoms with E-state index in [-0.39, 0.29) is 5.91 Å². The summed E-state index contributed by atoms with van der Waals surface area (Å²) in [5.41, 5.74) is 5.05. The number of anilines is 1. The Hall–Kier alpha value is -2.66. The van der Waals surface area contributed by atoms with Gasteiger partial charge in [-0.05, 0) is 75.2 Å². The molecule has 0 atom stereocenters. The number of carbonyl (C=O) groups excluding carboxylic acids is 1. The molecule has 4 rings (SSSR count). The van der Waals surface area contributed by atoms with E-state index < -0.39 is 0 Å². The Morgan fingerprint density at radius 2 is 1.93 bits per heavy atom. The lowest BCUT2D eigenvalue weighted by molar-refractivity contribution is -0.117. The van der Waals surface area contributed by atoms with Gasteiger partial charge in [-0.3, -0.25) is 9.69 Å². The van der Waals surface area contributed by atoms with Crippen LogP contribution in [-0.2, 0) is 4.79 Å². The second kappa shape index (κ2) is 7.53. The van der Waals surface area contributed by atoms with Crippen molar-refractivity contribution < 1.29 is 9.21 Å². The summed E-state index contributed by atoms with van der Waals surface area (Å²) in [6, 6.07) is 13.9. The number of hydrogen-bond acceptors (Lipinski definition) is 4. The lowest BCUT2D eigenvalue weighted by Crippen LogP contribution is -2.38. The van der Waals surface area contributed by atoms with Crippen molar-refractivity contribution in [3.63, 3.8) is 0 Å². The predicted octanol–water partition coefficient (Wildman–Crippen LogP) is 4.26. The number of hydrogen-bond donors (Lipinski definition) is 1. The number of fused-ring (bicyclic) bond motifs is 1. The summed E-state index contributed by atoms with van der Waals surface area (Å²) in [6.07, 6.45) is 1.92. The average Bonchev–Trinajstić information content (AvgIpc) is 3.09. The minimum atomic E-state index is 0.0403. The highest BCUT2D eigenvalue weighted by atomic mass is 16.3. The molecule has 2 aromatic carbocycles. The molecule has 0 aliphatic carbocycles. The fraction of sp³-hybridized carbons (Fsp3) is 0.364. The number of para-hydroxylation sites is 2. The second-order valence-electron chi connectivity index (χ2n) is 7.42. The van der Waals surface area contributed by atoms with Gasteiger partial charge in [-0.1, -0.05) is 18.2 Å². The summed E-state index contributed by atoms with van der Waals surface area (Å²) in [7, 11) is 0. The van der Waals surface area contributed by atoms with Crippen molar-refractivity contribution >= 4 is 22.7 Å². The van der Waals surface area contributed by atoms with E-state index in [0.29, 0.717) is 12.5 Å². The molecule has 0 bridgehead atoms. The zero-order valence-electron chi connectivity index (χ0n) is 15.9. The van der Waals surface area contributed by atoms with Crippen LogP contribution in [-0.4, -0.2) is 35.4 Å². The summed E-state index contributed by atoms with van der Waals surface area (Å²) in [5, 5.41) is 3.01. The molecule has 5 heteroatoms. The van der Waals surface area contributed by atoms with Crippen molar-refractivity contribution in [1.82, 2.24) is 9.88 Å². The van der Waals surface area contributed by atoms with Crippen LogP contribution in [0.25, 0.3) is 11.1 Å². The number of benzene rings is 2. The molecule has 1 aliphatic heterocycles. The van der Waals surface area contributed by atoms with E-state index in [1.54, 1.807) is 0 Å². The van der Waals surface area contributed by atoms with Gasteiger partial charge in [-0.15, -0.1) is 0 Å². The maximum atomic E-state index is 12.4. The third-order valence-corrected chi connectivity index (χ3v) is 5.41. The summed E-state index contributed by atoms with van der Waals surface area (Å²) in [4.78, 5) is 19.2. The van der Waals surface area contributed by atoms with E-state index >= 15 is 0 Å². The van der Waals surface area contributed by atoms with Gasteiger partial charge in [-0.2, -0.15) is 0 Å². The molecule has 2 heterocycles. The van der Waals surface area contributed by atoms with Gasteiger partial charge in [0, 0.05) is 11.6 Å². The van der Waals surface area contributed by atoms with Crippen molar-refractivity contribution in [3.8, 4) is 0 Å². The first-order valence-electron chi connectivity index (χ1n) is 9.53. The first-order chi connectivity index (χ1) is 13.1. The number of rotatable bonds is 4. The molecule has 1 saturated heterocycles. The van der Waals surface area contributed by atoms with Crippen LogP contribution in [0.2, 0.25) is 0 Å². The molecule has 5 nitrogen and oxygen atoms in total. The average molecular weight is 363 g/mol. The van der Waals surface area contributed by atoms with Gasteiger partial charge in [-0.25, -0.2) is 4.98 Å². The van der Waals surface area contributed by atoms with Gasteiger partial charge >= 0.3 is 0 Å². The van der Waals surface area contributed by atoms with Crippen LogP contribution in [0.3, 0.4) is 0 Å². The monoisotopic (exact) mass is 363 g/mol. The Labute approximate surface area is 159 Å². The van der Waals surface area contributed by atoms with Crippen LogP contribution >= 0.6 is 0 Å². The molecule has 0 unspecified atom stereocenters. The molecule has 0 radical (unpaired) electrons. The lowest BCUT2D eigenvalue weighted by atomic mass is 9.97. The number of piperidine rings is 1. The van der Waals surface area contributed by atoms with Gasteiger partial charge in [0.05, 0.1) is 6.54 Å². The molecular formula is C22H25N3O2. The Bertz CT molecular complexity index is 922. The van der Waals surface area contributed by atoms with Gasteiger partial charge in [0.1, 0.15) is 5.52 Å². The van der Waals surface area contributed by atoms with E-state index in [1.165, 1.54) is 11.1 Å². The number of nitrogens with one attached hydrogen (secondary N) is 1. The predicted molar refractivity (Wildman–Crippen MR) is 107 cm³/mol. The number of nitrogens with zero attached hydrogens (tertiary/aromatic N) is 2. The largest absolute Gasteiger partial charge is 0.440 e. The molecule has 0 saturated carbocycles. The van der Waals surface area contributed by atoms with E-state index in [9.17, 15) is 4.79 Å². The summed E-state index contributed by atoms with van der Waals surface area (Å²) in [6.45, 7) is 6.31. The molecule has 1 N–H and O–H groups in total. The highest BCUT2D eigenvalue weighted by Gasteiger charge is 2.25. The van der Waals surface area contributed by atoms with Gasteiger partial charge in [0.15, 0.2) is 11.5 Å². The van der Waals surface area contributed by atoms with Crippen molar-refractivity contribution in [2.24, 2.45) is 0 Å². The zero-order valence-corrected chi connectivity index (χ0v) is 15.9. The molecule has 1 fully saturated rings. The zero-order chi connectivity index (χ0) is 18.8. The van der Waals surface area contributed by atoms with Crippen molar-refractivity contribution in [1.29, 1.82) is 0 Å². The van der Waals surface area contributed by atoms with Crippen LogP contribution < -0.4 is 5.32 Å². The first kappa shape index (κ1) is 17.7. The second-order valence-corrected chi connectivity index (χ2v) is 7.42. The number of aryl methyl sites for hydroxylation is 2. The summed E-state index contributed by atoms with van der Waals surface area (Å²) >= 11 is 0. The highest BCUT2D eigenvalue weighted by Crippen LogP contribution is 2.29. The third kappa shape index (κ3) is 4.03. The smallest absolute Gasteiger partial charge is 0.238 e. The minimum Gasteiger partial charge on any atom is -0.440 e. The standard InChI is InChI=1S/C22H25N3O2/c1-15-7-8-18(13-16(15)2)23-21(26)14-25-11-9-17(10-12-25)22-24-19-5-3-4-6-20(19)27-22/h3-8,13,17H,9-12,14H2,1-2H3,(H,23,26). The van der Waals surface area contributed by atoms with Gasteiger partial charge in [0.2, 0.25) is 5.91 Å². The summed E-state index contributed by atoms with van der Waals surface area (Å²) in [5.74, 6) is 1.20. The van der Waals surface area contributed by atoms with Crippen LogP contribution in [0.5, 0.6) is 0 Å². The molecule has 0 spiro atoms. The fourth-order valence-electron chi connectivity index (χ4n) is 3.63. The van der Waals surface area contributed by atoms with Crippen LogP contribution in [0.1, 0.15) is 35.8 Å². The van der Waals surface area contributed by atoms with E-state index in [1.807, 2.05) is 42.5 Å². The topological polar surface area (TPSA) is 58.4 Å². The molecular weight excluding hydrogens is 338 g/mol. The Morgan fingerprint density at radius 1 is 1.15 bits per heavy atom. The third-order valence-electron chi connectivity index (χ3n) is 5.41. The SMILES string of the molecule is Cc1ccc(NC(=O)CN2CCC(c3nc4ccccc4o3)CC2)cc1C. The molecule has 1 aliphatic rings. The van der Waals surface area contributed by atoms with Crippen LogP contribution in [0, 0.1) is 13.8 Å². The van der Waals surface area contributed by atoms with E-state index in [0.717, 1.165) is 48.6 Å². The number of aromatic nitrogens is 1. The van der Waals surface area contributed by atoms with E-state index in [4.69, 9.17) is 4.42 Å². The van der Waals surface area contributed by atoms with Crippen LogP contribution in [0.15, 0.2) is 46.9 Å². The Balaban J connectivity index is 1.31. The Kier molecular flexibility index (Phi) is 4.94. The van der Waals surface area contributed by atoms with Crippen LogP contribution in [0.4, 0.5) is 5.69 Å². The molecule has 3 aromatic rings. The molecule has 140 valence electrons. The quantitative estimate of drug-likeness (QED) is 0.752. The van der Waals surface area contributed by atoms with Gasteiger partial charge < -0.3 is 9.73 Å². The molecule has 27 heavy (non-hydrogen) atoms. The highest BCUT2D eigenvalue weighted by molar-refractivity contribution is 5.92.